The van der Waals surface area contributed by atoms with E-state index < -0.39 is 0 Å². The summed E-state index contributed by atoms with van der Waals surface area (Å²) in [5.74, 6) is 1.30. The van der Waals surface area contributed by atoms with Crippen LogP contribution in [0, 0.1) is 0 Å². The highest BCUT2D eigenvalue weighted by atomic mass is 32.2. The highest BCUT2D eigenvalue weighted by molar-refractivity contribution is 8.06. The molecular formula is C3H7NS. The molecule has 0 saturated carbocycles. The molecule has 0 aromatic rings. The number of thioether (sulfide) groups is 1. The predicted molar refractivity (Wildman–Crippen MR) is 25.3 cm³/mol. The van der Waals surface area contributed by atoms with Gasteiger partial charge in [-0.1, -0.05) is 0 Å². The van der Waals surface area contributed by atoms with Gasteiger partial charge < -0.3 is 5.73 Å². The fraction of sp³-hybridized carbons (Fsp3) is 1.00. The first-order valence-electron chi connectivity index (χ1n) is 1.75. The Balaban J connectivity index is 2.00. The summed E-state index contributed by atoms with van der Waals surface area (Å²) in [5, 5.41) is 0.829. The fourth-order valence-corrected chi connectivity index (χ4v) is 0.612. The standard InChI is InChI=1S/C3H7NS/c4-1-3-2-5-3/h3H,1-2,4H2/t3-/m1/s1. The summed E-state index contributed by atoms with van der Waals surface area (Å²) >= 11 is 1.94. The van der Waals surface area contributed by atoms with Crippen LogP contribution in [0.3, 0.4) is 0 Å². The van der Waals surface area contributed by atoms with E-state index in [1.165, 1.54) is 5.75 Å². The van der Waals surface area contributed by atoms with Crippen molar-refractivity contribution in [2.75, 3.05) is 12.3 Å². The lowest BCUT2D eigenvalue weighted by Crippen LogP contribution is -2.03. The lowest BCUT2D eigenvalue weighted by Gasteiger charge is -1.72. The first-order chi connectivity index (χ1) is 2.43. The fourth-order valence-electron chi connectivity index (χ4n) is 0.204. The molecule has 1 nitrogen and oxygen atoms in total. The van der Waals surface area contributed by atoms with Crippen molar-refractivity contribution in [3.63, 3.8) is 0 Å². The Morgan fingerprint density at radius 1 is 2.00 bits per heavy atom. The van der Waals surface area contributed by atoms with Gasteiger partial charge in [-0.2, -0.15) is 11.8 Å². The van der Waals surface area contributed by atoms with E-state index >= 15 is 0 Å². The number of hydrogen-bond donors (Lipinski definition) is 1. The largest absolute Gasteiger partial charge is 0.329 e. The lowest BCUT2D eigenvalue weighted by molar-refractivity contribution is 1.03. The zero-order valence-corrected chi connectivity index (χ0v) is 3.79. The maximum atomic E-state index is 5.21. The van der Waals surface area contributed by atoms with Crippen LogP contribution in [0.15, 0.2) is 0 Å². The van der Waals surface area contributed by atoms with Crippen molar-refractivity contribution in [1.29, 1.82) is 0 Å². The Hall–Kier alpha value is 0.310. The summed E-state index contributed by atoms with van der Waals surface area (Å²) in [6.07, 6.45) is 0. The van der Waals surface area contributed by atoms with Crippen molar-refractivity contribution in [3.05, 3.63) is 0 Å². The number of rotatable bonds is 1. The number of nitrogens with two attached hydrogens (primary N) is 1. The zero-order chi connectivity index (χ0) is 3.70. The van der Waals surface area contributed by atoms with Gasteiger partial charge in [-0.3, -0.25) is 0 Å². The van der Waals surface area contributed by atoms with Crippen LogP contribution in [-0.4, -0.2) is 17.5 Å². The van der Waals surface area contributed by atoms with Crippen LogP contribution >= 0.6 is 11.8 Å². The molecule has 0 amide bonds. The molecule has 5 heavy (non-hydrogen) atoms. The van der Waals surface area contributed by atoms with Gasteiger partial charge >= 0.3 is 0 Å². The molecule has 2 N–H and O–H groups in total. The van der Waals surface area contributed by atoms with Crippen molar-refractivity contribution in [2.45, 2.75) is 5.25 Å². The van der Waals surface area contributed by atoms with Crippen molar-refractivity contribution in [1.82, 2.24) is 0 Å². The van der Waals surface area contributed by atoms with Gasteiger partial charge in [0.15, 0.2) is 0 Å². The number of hydrogen-bond acceptors (Lipinski definition) is 2. The van der Waals surface area contributed by atoms with E-state index in [1.54, 1.807) is 0 Å². The van der Waals surface area contributed by atoms with E-state index in [0.717, 1.165) is 11.8 Å². The van der Waals surface area contributed by atoms with Crippen LogP contribution < -0.4 is 5.73 Å². The molecule has 0 aromatic heterocycles. The second-order valence-corrected chi connectivity index (χ2v) is 2.52. The lowest BCUT2D eigenvalue weighted by atomic mass is 10.5. The van der Waals surface area contributed by atoms with E-state index in [2.05, 4.69) is 0 Å². The minimum absolute atomic E-state index is 0.829. The molecule has 1 aliphatic rings. The second-order valence-electron chi connectivity index (χ2n) is 1.19. The van der Waals surface area contributed by atoms with Crippen LogP contribution in [-0.2, 0) is 0 Å². The summed E-state index contributed by atoms with van der Waals surface area (Å²) in [5.41, 5.74) is 5.21. The molecule has 0 spiro atoms. The minimum Gasteiger partial charge on any atom is -0.329 e. The molecule has 0 bridgehead atoms. The second kappa shape index (κ2) is 1.19. The highest BCUT2D eigenvalue weighted by Crippen LogP contribution is 2.27. The van der Waals surface area contributed by atoms with Gasteiger partial charge in [0.05, 0.1) is 0 Å². The summed E-state index contributed by atoms with van der Waals surface area (Å²) in [7, 11) is 0. The Bertz CT molecular complexity index is 33.9. The van der Waals surface area contributed by atoms with E-state index in [0.29, 0.717) is 0 Å². The van der Waals surface area contributed by atoms with Crippen molar-refractivity contribution in [3.8, 4) is 0 Å². The van der Waals surface area contributed by atoms with Gasteiger partial charge in [0.1, 0.15) is 0 Å². The maximum absolute atomic E-state index is 5.21. The molecule has 1 heterocycles. The average molecular weight is 89.2 g/mol. The molecule has 0 radical (unpaired) electrons. The monoisotopic (exact) mass is 89.0 g/mol. The summed E-state index contributed by atoms with van der Waals surface area (Å²) in [4.78, 5) is 0. The summed E-state index contributed by atoms with van der Waals surface area (Å²) < 4.78 is 0. The highest BCUT2D eigenvalue weighted by Gasteiger charge is 2.18. The Labute approximate surface area is 35.9 Å². The van der Waals surface area contributed by atoms with Gasteiger partial charge in [-0.25, -0.2) is 0 Å². The van der Waals surface area contributed by atoms with Gasteiger partial charge in [0, 0.05) is 17.5 Å². The molecule has 1 aliphatic heterocycles. The predicted octanol–water partition coefficient (Wildman–Crippen LogP) is 0.0605. The zero-order valence-electron chi connectivity index (χ0n) is 2.98. The molecule has 1 atom stereocenters. The third-order valence-electron chi connectivity index (χ3n) is 0.665. The van der Waals surface area contributed by atoms with E-state index in [9.17, 15) is 0 Å². The first kappa shape index (κ1) is 3.50. The Kier molecular flexibility index (Phi) is 0.830. The van der Waals surface area contributed by atoms with E-state index in [1.807, 2.05) is 11.8 Å². The Morgan fingerprint density at radius 3 is 2.60 bits per heavy atom. The molecule has 0 unspecified atom stereocenters. The van der Waals surface area contributed by atoms with Crippen molar-refractivity contribution >= 4 is 11.8 Å². The van der Waals surface area contributed by atoms with Crippen LogP contribution in [0.25, 0.3) is 0 Å². The molecule has 1 rings (SSSR count). The van der Waals surface area contributed by atoms with E-state index in [-0.39, 0.29) is 0 Å². The van der Waals surface area contributed by atoms with Crippen molar-refractivity contribution < 1.29 is 0 Å². The van der Waals surface area contributed by atoms with Crippen LogP contribution in [0.1, 0.15) is 0 Å². The SMILES string of the molecule is NC[C@@H]1CS1. The molecule has 1 fully saturated rings. The molecular weight excluding hydrogens is 82.1 g/mol. The minimum atomic E-state index is 0.829. The van der Waals surface area contributed by atoms with Crippen molar-refractivity contribution in [2.24, 2.45) is 5.73 Å². The molecule has 30 valence electrons. The first-order valence-corrected chi connectivity index (χ1v) is 2.80. The third-order valence-corrected chi connectivity index (χ3v) is 1.66. The quantitative estimate of drug-likeness (QED) is 0.460. The summed E-state index contributed by atoms with van der Waals surface area (Å²) in [6.45, 7) is 0.880. The topological polar surface area (TPSA) is 26.0 Å². The average Bonchev–Trinajstić information content (AvgIpc) is 2.12. The van der Waals surface area contributed by atoms with Gasteiger partial charge in [-0.05, 0) is 0 Å². The van der Waals surface area contributed by atoms with Gasteiger partial charge in [0.25, 0.3) is 0 Å². The molecule has 2 heteroatoms. The Morgan fingerprint density at radius 2 is 2.60 bits per heavy atom. The molecule has 0 aliphatic carbocycles. The summed E-state index contributed by atoms with van der Waals surface area (Å²) in [6, 6.07) is 0. The van der Waals surface area contributed by atoms with E-state index in [4.69, 9.17) is 5.73 Å². The molecule has 0 aromatic carbocycles. The van der Waals surface area contributed by atoms with Gasteiger partial charge in [-0.15, -0.1) is 0 Å². The van der Waals surface area contributed by atoms with Crippen LogP contribution in [0.4, 0.5) is 0 Å². The van der Waals surface area contributed by atoms with Crippen LogP contribution in [0.2, 0.25) is 0 Å². The third kappa shape index (κ3) is 0.816. The smallest absolute Gasteiger partial charge is 0.0261 e. The molecule has 1 saturated heterocycles. The maximum Gasteiger partial charge on any atom is 0.0261 e. The van der Waals surface area contributed by atoms with Gasteiger partial charge in [0.2, 0.25) is 0 Å². The van der Waals surface area contributed by atoms with Crippen LogP contribution in [0.5, 0.6) is 0 Å². The normalized spacial score (nSPS) is 34.2.